The van der Waals surface area contributed by atoms with E-state index in [1.807, 2.05) is 31.2 Å². The number of methoxy groups -OCH3 is 1. The molecular weight excluding hydrogens is 456 g/mol. The molecule has 0 bridgehead atoms. The average molecular weight is 491 g/mol. The number of carbonyl (C=O) groups excluding carboxylic acids is 2. The SMILES string of the molecule is COc1ccc2[nH]c3c(c2c1)C[C@@]1(C)C(=O)N(CCNC(C)(C)C)CC(=O)N1[C@@H]3c1cccc(O)c1. The van der Waals surface area contributed by atoms with Crippen LogP contribution in [0.1, 0.15) is 50.6 Å². The summed E-state index contributed by atoms with van der Waals surface area (Å²) in [4.78, 5) is 34.7. The number of phenols is 1. The molecule has 0 unspecified atom stereocenters. The molecule has 3 heterocycles. The first kappa shape index (κ1) is 24.2. The van der Waals surface area contributed by atoms with Crippen LogP contribution in [-0.2, 0) is 16.0 Å². The largest absolute Gasteiger partial charge is 0.508 e. The predicted octanol–water partition coefficient (Wildman–Crippen LogP) is 3.35. The first-order valence-electron chi connectivity index (χ1n) is 12.4. The van der Waals surface area contributed by atoms with Gasteiger partial charge in [-0.2, -0.15) is 0 Å². The summed E-state index contributed by atoms with van der Waals surface area (Å²) in [7, 11) is 1.63. The van der Waals surface area contributed by atoms with Crippen molar-refractivity contribution in [1.82, 2.24) is 20.1 Å². The zero-order valence-electron chi connectivity index (χ0n) is 21.5. The summed E-state index contributed by atoms with van der Waals surface area (Å²) in [5, 5.41) is 14.7. The quantitative estimate of drug-likeness (QED) is 0.510. The highest BCUT2D eigenvalue weighted by Crippen LogP contribution is 2.47. The lowest BCUT2D eigenvalue weighted by Gasteiger charge is -2.53. The molecule has 0 saturated carbocycles. The van der Waals surface area contributed by atoms with E-state index in [0.29, 0.717) is 19.5 Å². The third-order valence-corrected chi connectivity index (χ3v) is 7.30. The monoisotopic (exact) mass is 490 g/mol. The molecule has 2 aliphatic heterocycles. The van der Waals surface area contributed by atoms with Gasteiger partial charge < -0.3 is 29.9 Å². The van der Waals surface area contributed by atoms with Crippen LogP contribution in [0.3, 0.4) is 0 Å². The van der Waals surface area contributed by atoms with Crippen LogP contribution in [0.2, 0.25) is 0 Å². The van der Waals surface area contributed by atoms with Crippen LogP contribution in [-0.4, -0.2) is 69.5 Å². The van der Waals surface area contributed by atoms with Crippen molar-refractivity contribution in [2.75, 3.05) is 26.7 Å². The Morgan fingerprint density at radius 2 is 1.97 bits per heavy atom. The highest BCUT2D eigenvalue weighted by Gasteiger charge is 2.55. The van der Waals surface area contributed by atoms with Crippen molar-refractivity contribution in [3.8, 4) is 11.5 Å². The first-order chi connectivity index (χ1) is 17.0. The molecule has 8 nitrogen and oxygen atoms in total. The van der Waals surface area contributed by atoms with Crippen molar-refractivity contribution in [2.45, 2.75) is 51.2 Å². The molecule has 5 rings (SSSR count). The Morgan fingerprint density at radius 3 is 2.67 bits per heavy atom. The fourth-order valence-electron chi connectivity index (χ4n) is 5.65. The number of phenolic OH excluding ortho intramolecular Hbond substituents is 1. The lowest BCUT2D eigenvalue weighted by molar-refractivity contribution is -0.167. The van der Waals surface area contributed by atoms with Crippen molar-refractivity contribution in [2.24, 2.45) is 0 Å². The van der Waals surface area contributed by atoms with Crippen molar-refractivity contribution in [3.63, 3.8) is 0 Å². The predicted molar refractivity (Wildman–Crippen MR) is 138 cm³/mol. The van der Waals surface area contributed by atoms with Gasteiger partial charge in [-0.15, -0.1) is 0 Å². The number of nitrogens with one attached hydrogen (secondary N) is 2. The van der Waals surface area contributed by atoms with Gasteiger partial charge in [0.15, 0.2) is 0 Å². The van der Waals surface area contributed by atoms with Crippen molar-refractivity contribution in [1.29, 1.82) is 0 Å². The molecule has 3 aromatic rings. The van der Waals surface area contributed by atoms with Gasteiger partial charge in [0.25, 0.3) is 0 Å². The van der Waals surface area contributed by atoms with Crippen LogP contribution in [0.25, 0.3) is 10.9 Å². The standard InChI is InChI=1S/C28H34N4O4/c1-27(2,3)29-11-12-31-16-23(34)32-25(17-7-6-8-18(33)13-17)24-21(15-28(32,4)26(31)35)20-14-19(36-5)9-10-22(20)30-24/h6-10,13-14,25,29-30,33H,11-12,15-16H2,1-5H3/t25-,28+/m1/s1. The number of ether oxygens (including phenoxy) is 1. The Balaban J connectivity index is 1.63. The second-order valence-electron chi connectivity index (χ2n) is 11.0. The van der Waals surface area contributed by atoms with Gasteiger partial charge in [-0.25, -0.2) is 0 Å². The Morgan fingerprint density at radius 1 is 1.19 bits per heavy atom. The lowest BCUT2D eigenvalue weighted by Crippen LogP contribution is -2.70. The molecule has 3 N–H and O–H groups in total. The number of amides is 2. The summed E-state index contributed by atoms with van der Waals surface area (Å²) >= 11 is 0. The number of H-pyrrole nitrogens is 1. The molecular formula is C28H34N4O4. The molecule has 1 aromatic heterocycles. The fraction of sp³-hybridized carbons (Fsp3) is 0.429. The molecule has 2 aromatic carbocycles. The second kappa shape index (κ2) is 8.55. The summed E-state index contributed by atoms with van der Waals surface area (Å²) < 4.78 is 5.48. The highest BCUT2D eigenvalue weighted by molar-refractivity contribution is 6.00. The zero-order valence-corrected chi connectivity index (χ0v) is 21.5. The Bertz CT molecular complexity index is 1340. The van der Waals surface area contributed by atoms with Gasteiger partial charge in [0.2, 0.25) is 11.8 Å². The van der Waals surface area contributed by atoms with E-state index in [1.165, 1.54) is 0 Å². The summed E-state index contributed by atoms with van der Waals surface area (Å²) in [5.41, 5.74) is 2.38. The summed E-state index contributed by atoms with van der Waals surface area (Å²) in [6.07, 6.45) is 0.387. The van der Waals surface area contributed by atoms with Crippen LogP contribution in [0.5, 0.6) is 11.5 Å². The van der Waals surface area contributed by atoms with Crippen LogP contribution < -0.4 is 10.1 Å². The number of hydrogen-bond acceptors (Lipinski definition) is 5. The normalized spacial score (nSPS) is 22.1. The molecule has 8 heteroatoms. The van der Waals surface area contributed by atoms with Gasteiger partial charge in [-0.05, 0) is 69.2 Å². The van der Waals surface area contributed by atoms with E-state index in [4.69, 9.17) is 4.74 Å². The van der Waals surface area contributed by atoms with Gasteiger partial charge in [0.05, 0.1) is 19.7 Å². The number of rotatable bonds is 5. The van der Waals surface area contributed by atoms with Crippen molar-refractivity contribution >= 4 is 22.7 Å². The number of aromatic amines is 1. The number of piperazine rings is 1. The number of nitrogens with zero attached hydrogens (tertiary/aromatic N) is 2. The minimum Gasteiger partial charge on any atom is -0.508 e. The second-order valence-corrected chi connectivity index (χ2v) is 11.0. The topological polar surface area (TPSA) is 97.9 Å². The molecule has 190 valence electrons. The van der Waals surface area contributed by atoms with E-state index >= 15 is 0 Å². The lowest BCUT2D eigenvalue weighted by atomic mass is 9.78. The van der Waals surface area contributed by atoms with E-state index in [1.54, 1.807) is 35.1 Å². The van der Waals surface area contributed by atoms with E-state index in [2.05, 4.69) is 31.1 Å². The fourth-order valence-corrected chi connectivity index (χ4v) is 5.65. The molecule has 1 fully saturated rings. The first-order valence-corrected chi connectivity index (χ1v) is 12.4. The minimum absolute atomic E-state index is 0.0267. The number of aromatic nitrogens is 1. The van der Waals surface area contributed by atoms with Crippen molar-refractivity contribution in [3.05, 3.63) is 59.3 Å². The molecule has 2 amide bonds. The molecule has 36 heavy (non-hydrogen) atoms. The molecule has 0 spiro atoms. The Kier molecular flexibility index (Phi) is 5.75. The van der Waals surface area contributed by atoms with Crippen LogP contribution in [0.4, 0.5) is 0 Å². The maximum atomic E-state index is 14.0. The van der Waals surface area contributed by atoms with E-state index in [-0.39, 0.29) is 29.6 Å². The summed E-state index contributed by atoms with van der Waals surface area (Å²) in [5.74, 6) is 0.672. The maximum Gasteiger partial charge on any atom is 0.249 e. The van der Waals surface area contributed by atoms with Gasteiger partial charge in [0.1, 0.15) is 17.0 Å². The smallest absolute Gasteiger partial charge is 0.249 e. The van der Waals surface area contributed by atoms with Gasteiger partial charge >= 0.3 is 0 Å². The molecule has 2 atom stereocenters. The highest BCUT2D eigenvalue weighted by atomic mass is 16.5. The summed E-state index contributed by atoms with van der Waals surface area (Å²) in [6.45, 7) is 9.18. The molecule has 1 saturated heterocycles. The van der Waals surface area contributed by atoms with Gasteiger partial charge in [0, 0.05) is 41.6 Å². The average Bonchev–Trinajstić information content (AvgIpc) is 3.17. The Labute approximate surface area is 211 Å². The summed E-state index contributed by atoms with van der Waals surface area (Å²) in [6, 6.07) is 12.2. The molecule has 0 aliphatic carbocycles. The molecule has 2 aliphatic rings. The van der Waals surface area contributed by atoms with Crippen LogP contribution >= 0.6 is 0 Å². The Hall–Kier alpha value is -3.52. The van der Waals surface area contributed by atoms with Crippen LogP contribution in [0, 0.1) is 0 Å². The van der Waals surface area contributed by atoms with Crippen molar-refractivity contribution < 1.29 is 19.4 Å². The minimum atomic E-state index is -1.07. The van der Waals surface area contributed by atoms with E-state index in [0.717, 1.165) is 33.5 Å². The zero-order chi connectivity index (χ0) is 25.8. The van der Waals surface area contributed by atoms with E-state index in [9.17, 15) is 14.7 Å². The number of aromatic hydroxyl groups is 1. The number of fused-ring (bicyclic) bond motifs is 4. The third kappa shape index (κ3) is 3.99. The van der Waals surface area contributed by atoms with Crippen LogP contribution in [0.15, 0.2) is 42.5 Å². The third-order valence-electron chi connectivity index (χ3n) is 7.30. The molecule has 0 radical (unpaired) electrons. The maximum absolute atomic E-state index is 14.0. The van der Waals surface area contributed by atoms with E-state index < -0.39 is 11.6 Å². The number of benzene rings is 2. The van der Waals surface area contributed by atoms with Gasteiger partial charge in [-0.1, -0.05) is 12.1 Å². The number of carbonyl (C=O) groups is 2. The van der Waals surface area contributed by atoms with Gasteiger partial charge in [-0.3, -0.25) is 9.59 Å². The number of hydrogen-bond donors (Lipinski definition) is 3.